The number of nitrogens with zero attached hydrogens (tertiary/aromatic N) is 1. The quantitative estimate of drug-likeness (QED) is 0.649. The number of unbranched alkanes of at least 4 members (excludes halogenated alkanes) is 1. The maximum atomic E-state index is 12.9. The second kappa shape index (κ2) is 9.87. The van der Waals surface area contributed by atoms with E-state index in [9.17, 15) is 14.4 Å². The Balaban J connectivity index is 2.32. The molecule has 0 radical (unpaired) electrons. The van der Waals surface area contributed by atoms with Crippen molar-refractivity contribution in [2.24, 2.45) is 0 Å². The molecule has 1 aromatic heterocycles. The number of H-pyrrole nitrogens is 1. The van der Waals surface area contributed by atoms with Crippen LogP contribution in [0.5, 0.6) is 0 Å². The fourth-order valence-corrected chi connectivity index (χ4v) is 3.76. The number of benzene rings is 1. The number of rotatable bonds is 7. The Bertz CT molecular complexity index is 982. The van der Waals surface area contributed by atoms with Gasteiger partial charge in [-0.05, 0) is 56.5 Å². The summed E-state index contributed by atoms with van der Waals surface area (Å²) in [6.07, 6.45) is 1.84. The number of carbonyl (C=O) groups is 2. The summed E-state index contributed by atoms with van der Waals surface area (Å²) in [5.41, 5.74) is 3.87. The molecule has 1 aromatic carbocycles. The zero-order valence-corrected chi connectivity index (χ0v) is 19.2. The number of aromatic nitrogens is 1. The van der Waals surface area contributed by atoms with E-state index in [0.717, 1.165) is 39.8 Å². The number of hydrogen-bond acceptors (Lipinski definition) is 3. The van der Waals surface area contributed by atoms with E-state index < -0.39 is 0 Å². The number of halogens is 1. The van der Waals surface area contributed by atoms with Crippen LogP contribution in [-0.2, 0) is 11.3 Å². The van der Waals surface area contributed by atoms with Crippen molar-refractivity contribution in [1.29, 1.82) is 0 Å². The SMILES string of the molecule is CCCCN(C(C)=O)c1cc(Br)cc(C(=O)NCc2c(C)cc(C)[nH]c2=O)c1C. The van der Waals surface area contributed by atoms with Crippen molar-refractivity contribution in [3.05, 3.63) is 61.0 Å². The van der Waals surface area contributed by atoms with E-state index >= 15 is 0 Å². The molecule has 2 N–H and O–H groups in total. The molecule has 0 bridgehead atoms. The minimum Gasteiger partial charge on any atom is -0.348 e. The molecular weight excluding hydrogens is 434 g/mol. The van der Waals surface area contributed by atoms with Crippen LogP contribution in [-0.4, -0.2) is 23.3 Å². The molecule has 2 aromatic rings. The lowest BCUT2D eigenvalue weighted by molar-refractivity contribution is -0.116. The number of aryl methyl sites for hydroxylation is 2. The third-order valence-electron chi connectivity index (χ3n) is 4.92. The van der Waals surface area contributed by atoms with Gasteiger partial charge in [0.2, 0.25) is 5.91 Å². The van der Waals surface area contributed by atoms with E-state index in [2.05, 4.69) is 33.2 Å². The summed E-state index contributed by atoms with van der Waals surface area (Å²) in [7, 11) is 0. The maximum Gasteiger partial charge on any atom is 0.253 e. The van der Waals surface area contributed by atoms with Crippen LogP contribution in [0.1, 0.15) is 59.4 Å². The Labute approximate surface area is 179 Å². The van der Waals surface area contributed by atoms with Crippen LogP contribution >= 0.6 is 15.9 Å². The van der Waals surface area contributed by atoms with Crippen LogP contribution in [0.3, 0.4) is 0 Å². The van der Waals surface area contributed by atoms with Gasteiger partial charge in [0.1, 0.15) is 0 Å². The lowest BCUT2D eigenvalue weighted by atomic mass is 10.0. The van der Waals surface area contributed by atoms with E-state index in [1.807, 2.05) is 32.9 Å². The largest absolute Gasteiger partial charge is 0.348 e. The lowest BCUT2D eigenvalue weighted by Crippen LogP contribution is -2.32. The molecule has 6 nitrogen and oxygen atoms in total. The van der Waals surface area contributed by atoms with Crippen LogP contribution in [0.2, 0.25) is 0 Å². The highest BCUT2D eigenvalue weighted by atomic mass is 79.9. The summed E-state index contributed by atoms with van der Waals surface area (Å²) < 4.78 is 0.718. The molecule has 2 amide bonds. The van der Waals surface area contributed by atoms with Crippen LogP contribution < -0.4 is 15.8 Å². The summed E-state index contributed by atoms with van der Waals surface area (Å²) in [6.45, 7) is 9.84. The van der Waals surface area contributed by atoms with Gasteiger partial charge in [0, 0.05) is 47.0 Å². The van der Waals surface area contributed by atoms with Gasteiger partial charge in [0.05, 0.1) is 0 Å². The predicted molar refractivity (Wildman–Crippen MR) is 120 cm³/mol. The molecule has 7 heteroatoms. The molecule has 1 heterocycles. The minimum absolute atomic E-state index is 0.0622. The summed E-state index contributed by atoms with van der Waals surface area (Å²) in [4.78, 5) is 41.7. The Morgan fingerprint density at radius 3 is 2.45 bits per heavy atom. The van der Waals surface area contributed by atoms with Crippen molar-refractivity contribution in [2.45, 2.75) is 54.0 Å². The summed E-state index contributed by atoms with van der Waals surface area (Å²) >= 11 is 3.46. The first-order valence-corrected chi connectivity index (χ1v) is 10.5. The predicted octanol–water partition coefficient (Wildman–Crippen LogP) is 4.15. The highest BCUT2D eigenvalue weighted by Gasteiger charge is 2.20. The van der Waals surface area contributed by atoms with Gasteiger partial charge in [-0.3, -0.25) is 14.4 Å². The van der Waals surface area contributed by atoms with Gasteiger partial charge in [0.15, 0.2) is 0 Å². The molecule has 0 aliphatic carbocycles. The first kappa shape index (κ1) is 22.9. The van der Waals surface area contributed by atoms with E-state index in [-0.39, 0.29) is 23.9 Å². The third kappa shape index (κ3) is 5.56. The van der Waals surface area contributed by atoms with Gasteiger partial charge in [0.25, 0.3) is 11.5 Å². The summed E-state index contributed by atoms with van der Waals surface area (Å²) in [5, 5.41) is 2.84. The average molecular weight is 462 g/mol. The molecular formula is C22H28BrN3O3. The van der Waals surface area contributed by atoms with E-state index in [0.29, 0.717) is 17.7 Å². The zero-order valence-electron chi connectivity index (χ0n) is 17.6. The van der Waals surface area contributed by atoms with Crippen molar-refractivity contribution >= 4 is 33.4 Å². The second-order valence-electron chi connectivity index (χ2n) is 7.25. The fourth-order valence-electron chi connectivity index (χ4n) is 3.31. The van der Waals surface area contributed by atoms with Gasteiger partial charge in [-0.25, -0.2) is 0 Å². The van der Waals surface area contributed by atoms with Crippen molar-refractivity contribution in [1.82, 2.24) is 10.3 Å². The molecule has 29 heavy (non-hydrogen) atoms. The van der Waals surface area contributed by atoms with Gasteiger partial charge in [-0.1, -0.05) is 29.3 Å². The average Bonchev–Trinajstić information content (AvgIpc) is 2.63. The van der Waals surface area contributed by atoms with E-state index in [4.69, 9.17) is 0 Å². The third-order valence-corrected chi connectivity index (χ3v) is 5.37. The molecule has 0 saturated heterocycles. The minimum atomic E-state index is -0.289. The monoisotopic (exact) mass is 461 g/mol. The van der Waals surface area contributed by atoms with Crippen LogP contribution in [0.25, 0.3) is 0 Å². The normalized spacial score (nSPS) is 10.7. The van der Waals surface area contributed by atoms with Crippen LogP contribution in [0.15, 0.2) is 27.5 Å². The van der Waals surface area contributed by atoms with Gasteiger partial charge < -0.3 is 15.2 Å². The highest BCUT2D eigenvalue weighted by Crippen LogP contribution is 2.29. The Kier molecular flexibility index (Phi) is 7.79. The highest BCUT2D eigenvalue weighted by molar-refractivity contribution is 9.10. The molecule has 0 spiro atoms. The molecule has 2 rings (SSSR count). The maximum absolute atomic E-state index is 12.9. The Hall–Kier alpha value is -2.41. The molecule has 0 aliphatic heterocycles. The van der Waals surface area contributed by atoms with Gasteiger partial charge >= 0.3 is 0 Å². The van der Waals surface area contributed by atoms with Crippen LogP contribution in [0, 0.1) is 20.8 Å². The summed E-state index contributed by atoms with van der Waals surface area (Å²) in [5.74, 6) is -0.351. The van der Waals surface area contributed by atoms with Crippen molar-refractivity contribution in [3.63, 3.8) is 0 Å². The molecule has 0 fully saturated rings. The first-order valence-electron chi connectivity index (χ1n) is 9.71. The Morgan fingerprint density at radius 2 is 1.86 bits per heavy atom. The van der Waals surface area contributed by atoms with Crippen molar-refractivity contribution in [2.75, 3.05) is 11.4 Å². The molecule has 0 saturated carbocycles. The molecule has 0 aliphatic rings. The van der Waals surface area contributed by atoms with Gasteiger partial charge in [-0.15, -0.1) is 0 Å². The van der Waals surface area contributed by atoms with Gasteiger partial charge in [-0.2, -0.15) is 0 Å². The topological polar surface area (TPSA) is 82.3 Å². The first-order chi connectivity index (χ1) is 13.6. The van der Waals surface area contributed by atoms with Crippen molar-refractivity contribution < 1.29 is 9.59 Å². The fraction of sp³-hybridized carbons (Fsp3) is 0.409. The molecule has 156 valence electrons. The number of hydrogen-bond donors (Lipinski definition) is 2. The number of anilines is 1. The summed E-state index contributed by atoms with van der Waals surface area (Å²) in [6, 6.07) is 5.47. The Morgan fingerprint density at radius 1 is 1.17 bits per heavy atom. The van der Waals surface area contributed by atoms with E-state index in [1.54, 1.807) is 11.0 Å². The molecule has 0 unspecified atom stereocenters. The smallest absolute Gasteiger partial charge is 0.253 e. The zero-order chi connectivity index (χ0) is 21.7. The van der Waals surface area contributed by atoms with Crippen LogP contribution in [0.4, 0.5) is 5.69 Å². The van der Waals surface area contributed by atoms with Crippen molar-refractivity contribution in [3.8, 4) is 0 Å². The number of aromatic amines is 1. The second-order valence-corrected chi connectivity index (χ2v) is 8.16. The number of nitrogens with one attached hydrogen (secondary N) is 2. The lowest BCUT2D eigenvalue weighted by Gasteiger charge is -2.24. The number of carbonyl (C=O) groups excluding carboxylic acids is 2. The number of pyridine rings is 1. The molecule has 0 atom stereocenters. The van der Waals surface area contributed by atoms with E-state index in [1.165, 1.54) is 6.92 Å². The standard InChI is InChI=1S/C22H28BrN3O3/c1-6-7-8-26(16(5)27)20-11-17(23)10-18(15(20)4)21(28)24-12-19-13(2)9-14(3)25-22(19)29/h9-11H,6-8,12H2,1-5H3,(H,24,28)(H,25,29). The number of amides is 2.